The zero-order chi connectivity index (χ0) is 18.7. The molecule has 3 aromatic rings. The van der Waals surface area contributed by atoms with Crippen LogP contribution in [-0.2, 0) is 6.42 Å². The molecular weight excluding hydrogens is 344 g/mol. The van der Waals surface area contributed by atoms with Crippen LogP contribution >= 0.6 is 0 Å². The van der Waals surface area contributed by atoms with E-state index in [9.17, 15) is 18.4 Å². The van der Waals surface area contributed by atoms with Gasteiger partial charge in [0.25, 0.3) is 5.56 Å². The number of benzene rings is 2. The van der Waals surface area contributed by atoms with Crippen LogP contribution in [0.1, 0.15) is 12.2 Å². The molecule has 0 saturated heterocycles. The molecule has 0 bridgehead atoms. The summed E-state index contributed by atoms with van der Waals surface area (Å²) in [7, 11) is 0. The lowest BCUT2D eigenvalue weighted by molar-refractivity contribution is 0.194. The van der Waals surface area contributed by atoms with Crippen molar-refractivity contribution in [3.05, 3.63) is 70.3 Å². The molecule has 0 unspecified atom stereocenters. The molecule has 0 spiro atoms. The predicted molar refractivity (Wildman–Crippen MR) is 91.6 cm³/mol. The number of aromatic nitrogens is 2. The highest BCUT2D eigenvalue weighted by atomic mass is 19.1. The molecule has 1 aromatic heterocycles. The maximum absolute atomic E-state index is 14.1. The molecule has 134 valence electrons. The van der Waals surface area contributed by atoms with Crippen LogP contribution in [0.3, 0.4) is 0 Å². The second-order valence-corrected chi connectivity index (χ2v) is 5.62. The summed E-state index contributed by atoms with van der Waals surface area (Å²) in [6.07, 6.45) is -0.533. The number of halogens is 2. The summed E-state index contributed by atoms with van der Waals surface area (Å²) in [5, 5.41) is 10.7. The highest BCUT2D eigenvalue weighted by Gasteiger charge is 2.15. The predicted octanol–water partition coefficient (Wildman–Crippen LogP) is 2.86. The molecule has 0 aliphatic carbocycles. The molecule has 0 aliphatic rings. The van der Waals surface area contributed by atoms with Crippen LogP contribution in [0.5, 0.6) is 0 Å². The lowest BCUT2D eigenvalue weighted by atomic mass is 10.2. The van der Waals surface area contributed by atoms with Crippen LogP contribution < -0.4 is 10.9 Å². The Morgan fingerprint density at radius 1 is 1.19 bits per heavy atom. The zero-order valence-corrected chi connectivity index (χ0v) is 13.6. The van der Waals surface area contributed by atoms with Gasteiger partial charge in [0.15, 0.2) is 0 Å². The van der Waals surface area contributed by atoms with Gasteiger partial charge in [0.1, 0.15) is 22.8 Å². The first-order valence-electron chi connectivity index (χ1n) is 7.90. The fourth-order valence-electron chi connectivity index (χ4n) is 2.73. The van der Waals surface area contributed by atoms with E-state index in [2.05, 4.69) is 10.3 Å². The van der Waals surface area contributed by atoms with E-state index < -0.39 is 23.3 Å². The van der Waals surface area contributed by atoms with Crippen molar-refractivity contribution < 1.29 is 18.7 Å². The minimum atomic E-state index is -1.15. The summed E-state index contributed by atoms with van der Waals surface area (Å²) < 4.78 is 28.9. The maximum Gasteiger partial charge on any atom is 0.404 e. The van der Waals surface area contributed by atoms with E-state index >= 15 is 0 Å². The van der Waals surface area contributed by atoms with Crippen molar-refractivity contribution >= 4 is 17.0 Å². The van der Waals surface area contributed by atoms with E-state index in [-0.39, 0.29) is 29.6 Å². The van der Waals surface area contributed by atoms with Crippen LogP contribution in [0.25, 0.3) is 16.6 Å². The van der Waals surface area contributed by atoms with Gasteiger partial charge in [-0.15, -0.1) is 0 Å². The number of carboxylic acid groups (broad SMARTS) is 1. The van der Waals surface area contributed by atoms with Crippen molar-refractivity contribution in [1.82, 2.24) is 14.9 Å². The number of nitrogens with one attached hydrogen (secondary N) is 1. The van der Waals surface area contributed by atoms with Crippen LogP contribution in [0.15, 0.2) is 47.3 Å². The lowest BCUT2D eigenvalue weighted by Crippen LogP contribution is -2.26. The number of carbonyl (C=O) groups is 1. The minimum absolute atomic E-state index is 0.162. The standard InChI is InChI=1S/C18H15F2N3O3/c19-11-4-1-5-12(10-11)23-15(8-3-9-21-18(25)26)22-14-7-2-6-13(20)16(14)17(23)24/h1-2,4-7,10,21H,3,8-9H2,(H,25,26). The van der Waals surface area contributed by atoms with Gasteiger partial charge < -0.3 is 10.4 Å². The summed E-state index contributed by atoms with van der Waals surface area (Å²) in [5.74, 6) is -0.948. The topological polar surface area (TPSA) is 84.2 Å². The highest BCUT2D eigenvalue weighted by Crippen LogP contribution is 2.17. The van der Waals surface area contributed by atoms with E-state index in [4.69, 9.17) is 5.11 Å². The number of amides is 1. The number of hydrogen-bond acceptors (Lipinski definition) is 3. The number of nitrogens with zero attached hydrogens (tertiary/aromatic N) is 2. The molecule has 1 heterocycles. The lowest BCUT2D eigenvalue weighted by Gasteiger charge is -2.14. The van der Waals surface area contributed by atoms with E-state index in [0.717, 1.165) is 16.7 Å². The van der Waals surface area contributed by atoms with E-state index in [1.165, 1.54) is 30.3 Å². The smallest absolute Gasteiger partial charge is 0.404 e. The first kappa shape index (κ1) is 17.5. The second-order valence-electron chi connectivity index (χ2n) is 5.62. The molecule has 26 heavy (non-hydrogen) atoms. The quantitative estimate of drug-likeness (QED) is 0.686. The number of rotatable bonds is 5. The van der Waals surface area contributed by atoms with E-state index in [0.29, 0.717) is 12.2 Å². The van der Waals surface area contributed by atoms with E-state index in [1.807, 2.05) is 0 Å². The molecule has 6 nitrogen and oxygen atoms in total. The molecule has 2 aromatic carbocycles. The van der Waals surface area contributed by atoms with Gasteiger partial charge >= 0.3 is 6.09 Å². The molecule has 0 atom stereocenters. The number of hydrogen-bond donors (Lipinski definition) is 2. The van der Waals surface area contributed by atoms with Crippen molar-refractivity contribution in [1.29, 1.82) is 0 Å². The van der Waals surface area contributed by atoms with Crippen LogP contribution in [0.4, 0.5) is 13.6 Å². The van der Waals surface area contributed by atoms with Gasteiger partial charge in [0.2, 0.25) is 0 Å². The van der Waals surface area contributed by atoms with Crippen molar-refractivity contribution in [3.63, 3.8) is 0 Å². The Bertz CT molecular complexity index is 1030. The Labute approximate surface area is 146 Å². The normalized spacial score (nSPS) is 10.8. The van der Waals surface area contributed by atoms with Gasteiger partial charge in [-0.2, -0.15) is 0 Å². The Morgan fingerprint density at radius 2 is 1.96 bits per heavy atom. The Morgan fingerprint density at radius 3 is 2.69 bits per heavy atom. The first-order chi connectivity index (χ1) is 12.5. The Balaban J connectivity index is 2.13. The Kier molecular flexibility index (Phi) is 4.92. The molecule has 0 fully saturated rings. The second kappa shape index (κ2) is 7.30. The summed E-state index contributed by atoms with van der Waals surface area (Å²) in [6.45, 7) is 0.162. The Hall–Kier alpha value is -3.29. The molecule has 0 saturated carbocycles. The average molecular weight is 359 g/mol. The summed E-state index contributed by atoms with van der Waals surface area (Å²) in [6, 6.07) is 9.50. The third-order valence-electron chi connectivity index (χ3n) is 3.84. The van der Waals surface area contributed by atoms with Gasteiger partial charge in [-0.05, 0) is 36.8 Å². The maximum atomic E-state index is 14.1. The van der Waals surface area contributed by atoms with Gasteiger partial charge in [0, 0.05) is 13.0 Å². The van der Waals surface area contributed by atoms with Gasteiger partial charge in [0.05, 0.1) is 11.2 Å². The average Bonchev–Trinajstić information content (AvgIpc) is 2.58. The van der Waals surface area contributed by atoms with Gasteiger partial charge in [-0.25, -0.2) is 18.6 Å². The SMILES string of the molecule is O=C(O)NCCCc1nc2cccc(F)c2c(=O)n1-c1cccc(F)c1. The third kappa shape index (κ3) is 3.53. The monoisotopic (exact) mass is 359 g/mol. The van der Waals surface area contributed by atoms with Crippen LogP contribution in [0, 0.1) is 11.6 Å². The molecule has 0 aliphatic heterocycles. The zero-order valence-electron chi connectivity index (χ0n) is 13.6. The number of fused-ring (bicyclic) bond motifs is 1. The van der Waals surface area contributed by atoms with Crippen LogP contribution in [0.2, 0.25) is 0 Å². The van der Waals surface area contributed by atoms with Crippen molar-refractivity contribution in [3.8, 4) is 5.69 Å². The summed E-state index contributed by atoms with van der Waals surface area (Å²) in [4.78, 5) is 27.8. The molecule has 0 radical (unpaired) electrons. The van der Waals surface area contributed by atoms with Gasteiger partial charge in [-0.3, -0.25) is 9.36 Å². The first-order valence-corrected chi connectivity index (χ1v) is 7.90. The van der Waals surface area contributed by atoms with Crippen molar-refractivity contribution in [2.45, 2.75) is 12.8 Å². The summed E-state index contributed by atoms with van der Waals surface area (Å²) >= 11 is 0. The molecule has 2 N–H and O–H groups in total. The van der Waals surface area contributed by atoms with Crippen molar-refractivity contribution in [2.75, 3.05) is 6.54 Å². The molecule has 3 rings (SSSR count). The molecule has 1 amide bonds. The third-order valence-corrected chi connectivity index (χ3v) is 3.84. The molecular formula is C18H15F2N3O3. The fraction of sp³-hybridized carbons (Fsp3) is 0.167. The van der Waals surface area contributed by atoms with Gasteiger partial charge in [-0.1, -0.05) is 12.1 Å². The minimum Gasteiger partial charge on any atom is -0.465 e. The van der Waals surface area contributed by atoms with Crippen molar-refractivity contribution in [2.24, 2.45) is 0 Å². The van der Waals surface area contributed by atoms with Crippen LogP contribution in [-0.4, -0.2) is 27.3 Å². The fourth-order valence-corrected chi connectivity index (χ4v) is 2.73. The highest BCUT2D eigenvalue weighted by molar-refractivity contribution is 5.78. The largest absolute Gasteiger partial charge is 0.465 e. The summed E-state index contributed by atoms with van der Waals surface area (Å²) in [5.41, 5.74) is -0.211. The molecule has 8 heteroatoms. The number of aryl methyl sites for hydroxylation is 1. The van der Waals surface area contributed by atoms with E-state index in [1.54, 1.807) is 0 Å².